The van der Waals surface area contributed by atoms with Gasteiger partial charge in [-0.1, -0.05) is 12.1 Å². The summed E-state index contributed by atoms with van der Waals surface area (Å²) in [4.78, 5) is 28.5. The fourth-order valence-corrected chi connectivity index (χ4v) is 2.63. The highest BCUT2D eigenvalue weighted by Gasteiger charge is 2.25. The summed E-state index contributed by atoms with van der Waals surface area (Å²) in [6.45, 7) is 0.304. The van der Waals surface area contributed by atoms with Crippen LogP contribution in [0.2, 0.25) is 0 Å². The van der Waals surface area contributed by atoms with Crippen molar-refractivity contribution in [1.29, 1.82) is 0 Å². The van der Waals surface area contributed by atoms with Gasteiger partial charge in [-0.15, -0.1) is 11.3 Å². The monoisotopic (exact) mass is 316 g/mol. The Morgan fingerprint density at radius 1 is 1.27 bits per heavy atom. The molecule has 0 aliphatic heterocycles. The van der Waals surface area contributed by atoms with Gasteiger partial charge in [0, 0.05) is 18.0 Å². The van der Waals surface area contributed by atoms with Crippen molar-refractivity contribution in [3.05, 3.63) is 45.9 Å². The summed E-state index contributed by atoms with van der Waals surface area (Å²) >= 11 is 1.34. The topological polar surface area (TPSA) is 97.1 Å². The van der Waals surface area contributed by atoms with E-state index >= 15 is 0 Å². The molecule has 0 spiro atoms. The summed E-state index contributed by atoms with van der Waals surface area (Å²) in [5.41, 5.74) is 6.74. The van der Waals surface area contributed by atoms with Crippen LogP contribution in [0.25, 0.3) is 0 Å². The standard InChI is InChI=1S/C15H16N4O2S/c16-7-13-18-12(8-22-13)15(21)19-11-4-2-1-3-10(11)14(20)17-9-5-6-9/h1-4,8-9H,5-7,16H2,(H,17,20)(H,19,21). The van der Waals surface area contributed by atoms with Crippen LogP contribution in [0.15, 0.2) is 29.6 Å². The first-order valence-electron chi connectivity index (χ1n) is 7.03. The Labute approximate surface area is 131 Å². The van der Waals surface area contributed by atoms with E-state index in [9.17, 15) is 9.59 Å². The van der Waals surface area contributed by atoms with Gasteiger partial charge in [-0.25, -0.2) is 4.98 Å². The molecular weight excluding hydrogens is 300 g/mol. The maximum atomic E-state index is 12.2. The predicted molar refractivity (Wildman–Crippen MR) is 84.9 cm³/mol. The number of rotatable bonds is 5. The van der Waals surface area contributed by atoms with E-state index < -0.39 is 0 Å². The van der Waals surface area contributed by atoms with E-state index in [1.807, 2.05) is 0 Å². The van der Waals surface area contributed by atoms with Crippen LogP contribution in [0, 0.1) is 0 Å². The fourth-order valence-electron chi connectivity index (χ4n) is 1.98. The highest BCUT2D eigenvalue weighted by atomic mass is 32.1. The lowest BCUT2D eigenvalue weighted by Crippen LogP contribution is -2.27. The van der Waals surface area contributed by atoms with Gasteiger partial charge in [-0.2, -0.15) is 0 Å². The lowest BCUT2D eigenvalue weighted by Gasteiger charge is -2.10. The van der Waals surface area contributed by atoms with Crippen LogP contribution in [0.4, 0.5) is 5.69 Å². The number of hydrogen-bond donors (Lipinski definition) is 3. The first-order chi connectivity index (χ1) is 10.7. The third-order valence-corrected chi connectivity index (χ3v) is 4.16. The Bertz CT molecular complexity index is 709. The number of benzene rings is 1. The summed E-state index contributed by atoms with van der Waals surface area (Å²) in [5.74, 6) is -0.512. The molecule has 22 heavy (non-hydrogen) atoms. The molecule has 2 amide bonds. The summed E-state index contributed by atoms with van der Waals surface area (Å²) in [6.07, 6.45) is 2.03. The predicted octanol–water partition coefficient (Wildman–Crippen LogP) is 1.75. The Kier molecular flexibility index (Phi) is 4.17. The number of aromatic nitrogens is 1. The van der Waals surface area contributed by atoms with Crippen LogP contribution in [0.5, 0.6) is 0 Å². The van der Waals surface area contributed by atoms with Crippen LogP contribution in [-0.4, -0.2) is 22.8 Å². The average Bonchev–Trinajstić information content (AvgIpc) is 3.20. The minimum absolute atomic E-state index is 0.167. The molecule has 1 aromatic heterocycles. The van der Waals surface area contributed by atoms with Crippen molar-refractivity contribution in [3.8, 4) is 0 Å². The van der Waals surface area contributed by atoms with Gasteiger partial charge in [-0.05, 0) is 25.0 Å². The molecule has 1 saturated carbocycles. The van der Waals surface area contributed by atoms with Crippen molar-refractivity contribution >= 4 is 28.8 Å². The molecule has 3 rings (SSSR count). The number of hydrogen-bond acceptors (Lipinski definition) is 5. The molecule has 0 radical (unpaired) electrons. The van der Waals surface area contributed by atoms with Gasteiger partial charge in [0.25, 0.3) is 11.8 Å². The van der Waals surface area contributed by atoms with Crippen molar-refractivity contribution in [2.45, 2.75) is 25.4 Å². The smallest absolute Gasteiger partial charge is 0.275 e. The number of carbonyl (C=O) groups excluding carboxylic acids is 2. The molecule has 114 valence electrons. The van der Waals surface area contributed by atoms with Gasteiger partial charge in [0.05, 0.1) is 11.3 Å². The third-order valence-electron chi connectivity index (χ3n) is 3.29. The van der Waals surface area contributed by atoms with Crippen LogP contribution in [-0.2, 0) is 6.54 Å². The Balaban J connectivity index is 1.76. The zero-order chi connectivity index (χ0) is 15.5. The number of para-hydroxylation sites is 1. The molecule has 0 bridgehead atoms. The van der Waals surface area contributed by atoms with Crippen LogP contribution < -0.4 is 16.4 Å². The van der Waals surface area contributed by atoms with E-state index in [0.29, 0.717) is 28.5 Å². The Morgan fingerprint density at radius 3 is 2.73 bits per heavy atom. The van der Waals surface area contributed by atoms with Crippen molar-refractivity contribution < 1.29 is 9.59 Å². The zero-order valence-corrected chi connectivity index (χ0v) is 12.7. The highest BCUT2D eigenvalue weighted by molar-refractivity contribution is 7.09. The molecule has 6 nitrogen and oxygen atoms in total. The number of thiazole rings is 1. The van der Waals surface area contributed by atoms with E-state index in [1.54, 1.807) is 29.6 Å². The molecule has 1 aromatic carbocycles. The van der Waals surface area contributed by atoms with E-state index in [4.69, 9.17) is 5.73 Å². The number of nitrogens with zero attached hydrogens (tertiary/aromatic N) is 1. The maximum absolute atomic E-state index is 12.2. The number of nitrogens with one attached hydrogen (secondary N) is 2. The van der Waals surface area contributed by atoms with Gasteiger partial charge in [0.1, 0.15) is 10.7 Å². The molecule has 0 atom stereocenters. The highest BCUT2D eigenvalue weighted by Crippen LogP contribution is 2.22. The molecule has 1 aliphatic carbocycles. The molecule has 1 heterocycles. The van der Waals surface area contributed by atoms with Crippen molar-refractivity contribution in [3.63, 3.8) is 0 Å². The van der Waals surface area contributed by atoms with E-state index in [2.05, 4.69) is 15.6 Å². The van der Waals surface area contributed by atoms with Crippen LogP contribution in [0.1, 0.15) is 38.7 Å². The molecule has 4 N–H and O–H groups in total. The molecule has 1 fully saturated rings. The Morgan fingerprint density at radius 2 is 2.05 bits per heavy atom. The average molecular weight is 316 g/mol. The zero-order valence-electron chi connectivity index (χ0n) is 11.8. The van der Waals surface area contributed by atoms with E-state index in [-0.39, 0.29) is 17.9 Å². The molecule has 1 aliphatic rings. The lowest BCUT2D eigenvalue weighted by atomic mass is 10.1. The van der Waals surface area contributed by atoms with Crippen molar-refractivity contribution in [2.24, 2.45) is 5.73 Å². The van der Waals surface area contributed by atoms with Gasteiger partial charge < -0.3 is 16.4 Å². The molecule has 0 saturated heterocycles. The summed E-state index contributed by atoms with van der Waals surface area (Å²) in [7, 11) is 0. The second kappa shape index (κ2) is 6.25. The maximum Gasteiger partial charge on any atom is 0.275 e. The van der Waals surface area contributed by atoms with Crippen molar-refractivity contribution in [1.82, 2.24) is 10.3 Å². The van der Waals surface area contributed by atoms with Gasteiger partial charge in [-0.3, -0.25) is 9.59 Å². The minimum atomic E-state index is -0.345. The molecule has 7 heteroatoms. The van der Waals surface area contributed by atoms with Gasteiger partial charge >= 0.3 is 0 Å². The van der Waals surface area contributed by atoms with Gasteiger partial charge in [0.2, 0.25) is 0 Å². The number of carbonyl (C=O) groups is 2. The van der Waals surface area contributed by atoms with E-state index in [0.717, 1.165) is 12.8 Å². The largest absolute Gasteiger partial charge is 0.349 e. The first-order valence-corrected chi connectivity index (χ1v) is 7.91. The summed E-state index contributed by atoms with van der Waals surface area (Å²) < 4.78 is 0. The van der Waals surface area contributed by atoms with E-state index in [1.165, 1.54) is 11.3 Å². The van der Waals surface area contributed by atoms with Gasteiger partial charge in [0.15, 0.2) is 0 Å². The normalized spacial score (nSPS) is 13.7. The third kappa shape index (κ3) is 3.32. The van der Waals surface area contributed by atoms with Crippen LogP contribution >= 0.6 is 11.3 Å². The molecule has 2 aromatic rings. The van der Waals surface area contributed by atoms with Crippen LogP contribution in [0.3, 0.4) is 0 Å². The lowest BCUT2D eigenvalue weighted by molar-refractivity contribution is 0.0952. The second-order valence-corrected chi connectivity index (χ2v) is 6.02. The summed E-state index contributed by atoms with van der Waals surface area (Å²) in [5, 5.41) is 8.02. The SMILES string of the molecule is NCc1nc(C(=O)Nc2ccccc2C(=O)NC2CC2)cs1. The number of anilines is 1. The number of amides is 2. The first kappa shape index (κ1) is 14.7. The number of nitrogens with two attached hydrogens (primary N) is 1. The summed E-state index contributed by atoms with van der Waals surface area (Å²) in [6, 6.07) is 7.21. The molecule has 0 unspecified atom stereocenters. The second-order valence-electron chi connectivity index (χ2n) is 5.08. The van der Waals surface area contributed by atoms with Crippen molar-refractivity contribution in [2.75, 3.05) is 5.32 Å². The molecular formula is C15H16N4O2S. The quantitative estimate of drug-likeness (QED) is 0.783. The minimum Gasteiger partial charge on any atom is -0.349 e. The fraction of sp³-hybridized carbons (Fsp3) is 0.267. The Hall–Kier alpha value is -2.25.